The van der Waals surface area contributed by atoms with Crippen molar-refractivity contribution < 1.29 is 14.7 Å². The van der Waals surface area contributed by atoms with Gasteiger partial charge in [0.1, 0.15) is 0 Å². The molecule has 3 N–H and O–H groups in total. The van der Waals surface area contributed by atoms with Crippen LogP contribution in [-0.2, 0) is 11.4 Å². The Balaban J connectivity index is 2.26. The zero-order valence-electron chi connectivity index (χ0n) is 13.4. The highest BCUT2D eigenvalue weighted by atomic mass is 16.3. The number of carbonyl (C=O) groups is 2. The van der Waals surface area contributed by atoms with Gasteiger partial charge in [-0.05, 0) is 48.7 Å². The van der Waals surface area contributed by atoms with E-state index in [0.717, 1.165) is 16.7 Å². The average molecular weight is 312 g/mol. The maximum absolute atomic E-state index is 12.4. The number of amides is 2. The molecule has 0 saturated carbocycles. The first-order valence-electron chi connectivity index (χ1n) is 7.30. The summed E-state index contributed by atoms with van der Waals surface area (Å²) >= 11 is 0. The van der Waals surface area contributed by atoms with Crippen molar-refractivity contribution in [2.75, 3.05) is 10.6 Å². The molecule has 0 aliphatic rings. The third-order valence-corrected chi connectivity index (χ3v) is 3.54. The van der Waals surface area contributed by atoms with Crippen molar-refractivity contribution in [1.29, 1.82) is 0 Å². The topological polar surface area (TPSA) is 78.4 Å². The van der Waals surface area contributed by atoms with Crippen LogP contribution in [0.3, 0.4) is 0 Å². The molecule has 0 aliphatic heterocycles. The van der Waals surface area contributed by atoms with Gasteiger partial charge in [-0.25, -0.2) is 0 Å². The number of hydrogen-bond acceptors (Lipinski definition) is 3. The summed E-state index contributed by atoms with van der Waals surface area (Å²) in [6.45, 7) is 5.09. The fourth-order valence-corrected chi connectivity index (χ4v) is 2.18. The number of aliphatic hydroxyl groups excluding tert-OH is 1. The Morgan fingerprint density at radius 2 is 1.57 bits per heavy atom. The summed E-state index contributed by atoms with van der Waals surface area (Å²) < 4.78 is 0. The quantitative estimate of drug-likeness (QED) is 0.812. The molecule has 23 heavy (non-hydrogen) atoms. The van der Waals surface area contributed by atoms with Crippen molar-refractivity contribution >= 4 is 23.2 Å². The van der Waals surface area contributed by atoms with E-state index in [9.17, 15) is 14.7 Å². The predicted molar refractivity (Wildman–Crippen MR) is 90.5 cm³/mol. The Morgan fingerprint density at radius 3 is 2.17 bits per heavy atom. The monoisotopic (exact) mass is 312 g/mol. The lowest BCUT2D eigenvalue weighted by molar-refractivity contribution is -0.114. The number of aliphatic hydroxyl groups is 1. The standard InChI is InChI=1S/C18H20N2O3/c1-11-4-6-14(10-21)8-16(11)20-18(23)15-7-5-12(2)17(9-15)19-13(3)22/h4-9,21H,10H2,1-3H3,(H,19,22)(H,20,23). The van der Waals surface area contributed by atoms with Crippen LogP contribution in [0, 0.1) is 13.8 Å². The SMILES string of the molecule is CC(=O)Nc1cc(C(=O)Nc2cc(CO)ccc2C)ccc1C. The maximum Gasteiger partial charge on any atom is 0.255 e. The summed E-state index contributed by atoms with van der Waals surface area (Å²) in [4.78, 5) is 23.6. The lowest BCUT2D eigenvalue weighted by Gasteiger charge is -2.12. The maximum atomic E-state index is 12.4. The number of carbonyl (C=O) groups excluding carboxylic acids is 2. The molecule has 5 nitrogen and oxygen atoms in total. The average Bonchev–Trinajstić information content (AvgIpc) is 2.51. The van der Waals surface area contributed by atoms with Gasteiger partial charge in [0.25, 0.3) is 5.91 Å². The van der Waals surface area contributed by atoms with Gasteiger partial charge in [-0.1, -0.05) is 18.2 Å². The lowest BCUT2D eigenvalue weighted by Crippen LogP contribution is -2.14. The zero-order valence-corrected chi connectivity index (χ0v) is 13.4. The molecule has 0 atom stereocenters. The molecule has 0 fully saturated rings. The van der Waals surface area contributed by atoms with E-state index in [2.05, 4.69) is 10.6 Å². The number of nitrogens with one attached hydrogen (secondary N) is 2. The van der Waals surface area contributed by atoms with Gasteiger partial charge < -0.3 is 15.7 Å². The summed E-state index contributed by atoms with van der Waals surface area (Å²) in [6.07, 6.45) is 0. The minimum Gasteiger partial charge on any atom is -0.392 e. The minimum absolute atomic E-state index is 0.0830. The second kappa shape index (κ2) is 7.07. The van der Waals surface area contributed by atoms with E-state index in [1.165, 1.54) is 6.92 Å². The van der Waals surface area contributed by atoms with Crippen molar-refractivity contribution in [2.45, 2.75) is 27.4 Å². The van der Waals surface area contributed by atoms with E-state index < -0.39 is 0 Å². The Kier molecular flexibility index (Phi) is 5.13. The third-order valence-electron chi connectivity index (χ3n) is 3.54. The van der Waals surface area contributed by atoms with Crippen LogP contribution in [0.25, 0.3) is 0 Å². The van der Waals surface area contributed by atoms with E-state index in [4.69, 9.17) is 0 Å². The van der Waals surface area contributed by atoms with Crippen molar-refractivity contribution in [2.24, 2.45) is 0 Å². The zero-order chi connectivity index (χ0) is 17.0. The molecule has 120 valence electrons. The molecule has 0 aliphatic carbocycles. The Morgan fingerprint density at radius 1 is 0.957 bits per heavy atom. The van der Waals surface area contributed by atoms with Crippen LogP contribution in [-0.4, -0.2) is 16.9 Å². The van der Waals surface area contributed by atoms with Gasteiger partial charge in [-0.2, -0.15) is 0 Å². The molecule has 0 spiro atoms. The highest BCUT2D eigenvalue weighted by Gasteiger charge is 2.11. The number of hydrogen-bond donors (Lipinski definition) is 3. The molecule has 0 unspecified atom stereocenters. The van der Waals surface area contributed by atoms with Gasteiger partial charge in [-0.3, -0.25) is 9.59 Å². The van der Waals surface area contributed by atoms with E-state index in [-0.39, 0.29) is 18.4 Å². The first kappa shape index (κ1) is 16.7. The Labute approximate surface area is 135 Å². The molecule has 0 heterocycles. The first-order valence-corrected chi connectivity index (χ1v) is 7.30. The Bertz CT molecular complexity index is 754. The van der Waals surface area contributed by atoms with Crippen LogP contribution in [0.15, 0.2) is 36.4 Å². The summed E-state index contributed by atoms with van der Waals surface area (Å²) in [5.41, 5.74) is 4.25. The molecule has 2 aromatic carbocycles. The lowest BCUT2D eigenvalue weighted by atomic mass is 10.1. The van der Waals surface area contributed by atoms with E-state index >= 15 is 0 Å². The van der Waals surface area contributed by atoms with Gasteiger partial charge in [-0.15, -0.1) is 0 Å². The van der Waals surface area contributed by atoms with Gasteiger partial charge in [0.15, 0.2) is 0 Å². The first-order chi connectivity index (χ1) is 10.9. The molecule has 2 amide bonds. The molecule has 5 heteroatoms. The van der Waals surface area contributed by atoms with Crippen LogP contribution in [0.2, 0.25) is 0 Å². The molecule has 2 aromatic rings. The van der Waals surface area contributed by atoms with Gasteiger partial charge in [0, 0.05) is 23.9 Å². The van der Waals surface area contributed by atoms with Gasteiger partial charge in [0.05, 0.1) is 6.61 Å². The van der Waals surface area contributed by atoms with Crippen LogP contribution >= 0.6 is 0 Å². The second-order valence-electron chi connectivity index (χ2n) is 5.47. The van der Waals surface area contributed by atoms with E-state index in [1.54, 1.807) is 24.3 Å². The summed E-state index contributed by atoms with van der Waals surface area (Å²) in [5, 5.41) is 14.8. The molecule has 0 radical (unpaired) electrons. The Hall–Kier alpha value is -2.66. The predicted octanol–water partition coefficient (Wildman–Crippen LogP) is 3.01. The highest BCUT2D eigenvalue weighted by molar-refractivity contribution is 6.05. The number of aryl methyl sites for hydroxylation is 2. The molecule has 2 rings (SSSR count). The van der Waals surface area contributed by atoms with Crippen molar-refractivity contribution in [3.05, 3.63) is 58.7 Å². The number of rotatable bonds is 4. The third kappa shape index (κ3) is 4.17. The molecule has 0 saturated heterocycles. The largest absolute Gasteiger partial charge is 0.392 e. The van der Waals surface area contributed by atoms with E-state index in [0.29, 0.717) is 16.9 Å². The summed E-state index contributed by atoms with van der Waals surface area (Å²) in [7, 11) is 0. The normalized spacial score (nSPS) is 10.3. The molecule has 0 aromatic heterocycles. The summed E-state index contributed by atoms with van der Waals surface area (Å²) in [6, 6.07) is 10.6. The summed E-state index contributed by atoms with van der Waals surface area (Å²) in [5.74, 6) is -0.452. The van der Waals surface area contributed by atoms with Crippen LogP contribution < -0.4 is 10.6 Å². The van der Waals surface area contributed by atoms with E-state index in [1.807, 2.05) is 26.0 Å². The van der Waals surface area contributed by atoms with Gasteiger partial charge in [0.2, 0.25) is 5.91 Å². The van der Waals surface area contributed by atoms with Crippen LogP contribution in [0.4, 0.5) is 11.4 Å². The van der Waals surface area contributed by atoms with Gasteiger partial charge >= 0.3 is 0 Å². The van der Waals surface area contributed by atoms with Crippen molar-refractivity contribution in [3.8, 4) is 0 Å². The number of benzene rings is 2. The van der Waals surface area contributed by atoms with Crippen LogP contribution in [0.1, 0.15) is 34.0 Å². The molecule has 0 bridgehead atoms. The smallest absolute Gasteiger partial charge is 0.255 e. The van der Waals surface area contributed by atoms with Crippen LogP contribution in [0.5, 0.6) is 0 Å². The molecular weight excluding hydrogens is 292 g/mol. The second-order valence-corrected chi connectivity index (χ2v) is 5.47. The van der Waals surface area contributed by atoms with Crippen molar-refractivity contribution in [1.82, 2.24) is 0 Å². The molecular formula is C18H20N2O3. The fraction of sp³-hybridized carbons (Fsp3) is 0.222. The van der Waals surface area contributed by atoms with Crippen molar-refractivity contribution in [3.63, 3.8) is 0 Å². The highest BCUT2D eigenvalue weighted by Crippen LogP contribution is 2.21. The number of anilines is 2. The minimum atomic E-state index is -0.269. The fourth-order valence-electron chi connectivity index (χ4n) is 2.18.